The second kappa shape index (κ2) is 53.4. The van der Waals surface area contributed by atoms with Gasteiger partial charge in [-0.05, 0) is 44.9 Å². The van der Waals surface area contributed by atoms with E-state index in [-0.39, 0.29) is 18.9 Å². The minimum absolute atomic E-state index is 0.243. The van der Waals surface area contributed by atoms with E-state index in [9.17, 15) is 61.0 Å². The first-order valence-corrected chi connectivity index (χ1v) is 36.6. The van der Waals surface area contributed by atoms with Crippen molar-refractivity contribution in [1.82, 2.24) is 5.32 Å². The van der Waals surface area contributed by atoms with E-state index >= 15 is 0 Å². The summed E-state index contributed by atoms with van der Waals surface area (Å²) in [6, 6.07) is -0.889. The number of aliphatic hydroxyl groups is 11. The molecule has 0 aromatic rings. The van der Waals surface area contributed by atoms with Crippen LogP contribution in [0.25, 0.3) is 0 Å². The maximum Gasteiger partial charge on any atom is 0.220 e. The SMILES string of the molecule is CCCCCCC/C=C\C/C=C\CCCCCCCCCCCC(=O)NC(COC1OC(CO)C(OC2OC(CO)C(OC3OC(CO)C(O)C(O)C3O)C(O)C2O)C(O)C1O)C(O)CCCCCCCCCCCCCCCCCCCCCCCCCC. The first-order valence-electron chi connectivity index (χ1n) is 36.6. The Balaban J connectivity index is 1.42. The zero-order chi connectivity index (χ0) is 65.4. The van der Waals surface area contributed by atoms with Gasteiger partial charge in [0.25, 0.3) is 0 Å². The summed E-state index contributed by atoms with van der Waals surface area (Å²) in [6.07, 6.45) is 33.9. The molecule has 0 radical (unpaired) electrons. The van der Waals surface area contributed by atoms with Crippen molar-refractivity contribution in [2.45, 2.75) is 394 Å². The molecule has 0 bridgehead atoms. The lowest BCUT2D eigenvalue weighted by Crippen LogP contribution is -2.66. The van der Waals surface area contributed by atoms with Gasteiger partial charge in [-0.25, -0.2) is 0 Å². The summed E-state index contributed by atoms with van der Waals surface area (Å²) < 4.78 is 34.5. The number of hydrogen-bond donors (Lipinski definition) is 12. The molecule has 17 unspecified atom stereocenters. The van der Waals surface area contributed by atoms with Crippen LogP contribution >= 0.6 is 0 Å². The second-order valence-corrected chi connectivity index (χ2v) is 26.4. The molecule has 3 fully saturated rings. The van der Waals surface area contributed by atoms with Crippen molar-refractivity contribution in [3.05, 3.63) is 24.3 Å². The maximum atomic E-state index is 13.4. The standard InChI is InChI=1S/C71H133NO18/c1-3-5-7-9-11-13-15-17-19-21-23-25-26-27-29-30-32-34-36-38-40-42-44-46-48-55(76)54(72-59(77)49-47-45-43-41-39-37-35-33-31-28-24-22-20-18-16-14-12-10-8-6-4-2)53-85-69-65(83)62(80)67(57(51-74)87-69)90-71-66(84)63(81)68(58(52-75)88-71)89-70-64(82)61(79)60(78)56(50-73)86-70/h16,18,22,24,54-58,60-71,73-76,78-84H,3-15,17,19-21,23,25-53H2,1-2H3,(H,72,77)/b18-16-,24-22-. The summed E-state index contributed by atoms with van der Waals surface area (Å²) in [5.74, 6) is -0.243. The normalized spacial score (nSPS) is 28.1. The molecule has 3 aliphatic heterocycles. The van der Waals surface area contributed by atoms with Crippen LogP contribution in [0.3, 0.4) is 0 Å². The van der Waals surface area contributed by atoms with Gasteiger partial charge in [0, 0.05) is 6.42 Å². The Morgan fingerprint density at radius 2 is 0.733 bits per heavy atom. The molecule has 1 amide bonds. The Morgan fingerprint density at radius 3 is 1.13 bits per heavy atom. The molecule has 0 saturated carbocycles. The molecule has 12 N–H and O–H groups in total. The summed E-state index contributed by atoms with van der Waals surface area (Å²) in [5.41, 5.74) is 0. The van der Waals surface area contributed by atoms with Crippen LogP contribution in [0.5, 0.6) is 0 Å². The van der Waals surface area contributed by atoms with Crippen molar-refractivity contribution in [1.29, 1.82) is 0 Å². The van der Waals surface area contributed by atoms with E-state index < -0.39 is 124 Å². The summed E-state index contributed by atoms with van der Waals surface area (Å²) in [7, 11) is 0. The number of hydrogen-bond acceptors (Lipinski definition) is 18. The van der Waals surface area contributed by atoms with Gasteiger partial charge < -0.3 is 89.9 Å². The van der Waals surface area contributed by atoms with Crippen LogP contribution in [0.15, 0.2) is 24.3 Å². The van der Waals surface area contributed by atoms with Crippen molar-refractivity contribution in [2.24, 2.45) is 0 Å². The van der Waals surface area contributed by atoms with Gasteiger partial charge in [-0.3, -0.25) is 4.79 Å². The third-order valence-corrected chi connectivity index (χ3v) is 18.5. The van der Waals surface area contributed by atoms with Gasteiger partial charge in [0.05, 0.1) is 38.6 Å². The molecular weight excluding hydrogens is 1150 g/mol. The summed E-state index contributed by atoms with van der Waals surface area (Å²) >= 11 is 0. The molecule has 0 spiro atoms. The van der Waals surface area contributed by atoms with Crippen LogP contribution in [-0.4, -0.2) is 193 Å². The highest BCUT2D eigenvalue weighted by Gasteiger charge is 2.53. The number of ether oxygens (including phenoxy) is 6. The third kappa shape index (κ3) is 34.8. The minimum atomic E-state index is -1.97. The molecule has 3 rings (SSSR count). The van der Waals surface area contributed by atoms with Crippen molar-refractivity contribution in [2.75, 3.05) is 26.4 Å². The molecule has 19 heteroatoms. The lowest BCUT2D eigenvalue weighted by Gasteiger charge is -2.48. The van der Waals surface area contributed by atoms with Crippen LogP contribution in [-0.2, 0) is 33.2 Å². The Hall–Kier alpha value is -1.73. The Bertz CT molecular complexity index is 1730. The molecule has 17 atom stereocenters. The fourth-order valence-corrected chi connectivity index (χ4v) is 12.6. The van der Waals surface area contributed by atoms with Crippen LogP contribution in [0.1, 0.15) is 290 Å². The van der Waals surface area contributed by atoms with E-state index in [2.05, 4.69) is 43.5 Å². The molecule has 19 nitrogen and oxygen atoms in total. The van der Waals surface area contributed by atoms with E-state index in [1.54, 1.807) is 0 Å². The fourth-order valence-electron chi connectivity index (χ4n) is 12.6. The van der Waals surface area contributed by atoms with Gasteiger partial charge in [-0.15, -0.1) is 0 Å². The smallest absolute Gasteiger partial charge is 0.220 e. The third-order valence-electron chi connectivity index (χ3n) is 18.5. The summed E-state index contributed by atoms with van der Waals surface area (Å²) in [4.78, 5) is 13.4. The average Bonchev–Trinajstić information content (AvgIpc) is 0.853. The monoisotopic (exact) mass is 1290 g/mol. The number of rotatable bonds is 57. The molecule has 0 aromatic carbocycles. The number of amides is 1. The predicted molar refractivity (Wildman–Crippen MR) is 351 cm³/mol. The lowest BCUT2D eigenvalue weighted by atomic mass is 9.96. The Morgan fingerprint density at radius 1 is 0.400 bits per heavy atom. The number of nitrogens with one attached hydrogen (secondary N) is 1. The highest BCUT2D eigenvalue weighted by atomic mass is 16.8. The van der Waals surface area contributed by atoms with Gasteiger partial charge in [-0.2, -0.15) is 0 Å². The van der Waals surface area contributed by atoms with E-state index in [1.165, 1.54) is 199 Å². The molecule has 3 aliphatic rings. The summed E-state index contributed by atoms with van der Waals surface area (Å²) in [5, 5.41) is 121. The Kier molecular flexibility index (Phi) is 49.0. The van der Waals surface area contributed by atoms with Crippen LogP contribution in [0.2, 0.25) is 0 Å². The maximum absolute atomic E-state index is 13.4. The lowest BCUT2D eigenvalue weighted by molar-refractivity contribution is -0.379. The molecule has 3 heterocycles. The van der Waals surface area contributed by atoms with E-state index in [0.717, 1.165) is 57.8 Å². The average molecular weight is 1290 g/mol. The first-order chi connectivity index (χ1) is 43.8. The fraction of sp³-hybridized carbons (Fsp3) is 0.930. The molecule has 3 saturated heterocycles. The number of allylic oxidation sites excluding steroid dienone is 4. The van der Waals surface area contributed by atoms with E-state index in [1.807, 2.05) is 0 Å². The van der Waals surface area contributed by atoms with Gasteiger partial charge in [0.15, 0.2) is 18.9 Å². The quantitative estimate of drug-likeness (QED) is 0.0199. The highest BCUT2D eigenvalue weighted by Crippen LogP contribution is 2.33. The minimum Gasteiger partial charge on any atom is -0.394 e. The summed E-state index contributed by atoms with van der Waals surface area (Å²) in [6.45, 7) is 1.82. The highest BCUT2D eigenvalue weighted by molar-refractivity contribution is 5.76. The first kappa shape index (κ1) is 82.5. The van der Waals surface area contributed by atoms with Gasteiger partial charge in [0.2, 0.25) is 5.91 Å². The zero-order valence-corrected chi connectivity index (χ0v) is 56.1. The largest absolute Gasteiger partial charge is 0.394 e. The van der Waals surface area contributed by atoms with Crippen molar-refractivity contribution in [3.8, 4) is 0 Å². The number of unbranched alkanes of at least 4 members (excludes halogenated alkanes) is 37. The van der Waals surface area contributed by atoms with Crippen LogP contribution in [0, 0.1) is 0 Å². The predicted octanol–water partition coefficient (Wildman–Crippen LogP) is 10.2. The Labute approximate surface area is 543 Å². The van der Waals surface area contributed by atoms with Gasteiger partial charge >= 0.3 is 0 Å². The van der Waals surface area contributed by atoms with Crippen LogP contribution in [0.4, 0.5) is 0 Å². The van der Waals surface area contributed by atoms with Crippen molar-refractivity contribution >= 4 is 5.91 Å². The van der Waals surface area contributed by atoms with Crippen molar-refractivity contribution < 1.29 is 89.4 Å². The number of aliphatic hydroxyl groups excluding tert-OH is 11. The van der Waals surface area contributed by atoms with E-state index in [0.29, 0.717) is 12.8 Å². The molecule has 0 aliphatic carbocycles. The zero-order valence-electron chi connectivity index (χ0n) is 56.1. The van der Waals surface area contributed by atoms with E-state index in [4.69, 9.17) is 28.4 Å². The molecule has 530 valence electrons. The van der Waals surface area contributed by atoms with Crippen molar-refractivity contribution in [3.63, 3.8) is 0 Å². The van der Waals surface area contributed by atoms with Gasteiger partial charge in [-0.1, -0.05) is 263 Å². The topological polar surface area (TPSA) is 307 Å². The number of carbonyl (C=O) groups excluding carboxylic acids is 1. The number of carbonyl (C=O) groups is 1. The van der Waals surface area contributed by atoms with Crippen LogP contribution < -0.4 is 5.32 Å². The van der Waals surface area contributed by atoms with Gasteiger partial charge in [0.1, 0.15) is 73.2 Å². The molecule has 0 aromatic heterocycles. The second-order valence-electron chi connectivity index (χ2n) is 26.4. The molecule has 90 heavy (non-hydrogen) atoms. The molecular formula is C71H133NO18.